The Morgan fingerprint density at radius 3 is 2.71 bits per heavy atom. The Kier molecular flexibility index (Phi) is 5.85. The molecule has 2 fully saturated rings. The van der Waals surface area contributed by atoms with Crippen LogP contribution in [0.4, 0.5) is 10.5 Å². The molecule has 1 aromatic heterocycles. The van der Waals surface area contributed by atoms with Crippen molar-refractivity contribution in [1.29, 1.82) is 0 Å². The molecule has 148 valence electrons. The number of aryl methyl sites for hydroxylation is 1. The van der Waals surface area contributed by atoms with E-state index in [1.54, 1.807) is 6.20 Å². The Hall–Kier alpha value is -2.48. The summed E-state index contributed by atoms with van der Waals surface area (Å²) in [5.41, 5.74) is 10.1. The normalized spacial score (nSPS) is 23.0. The van der Waals surface area contributed by atoms with E-state index in [-0.39, 0.29) is 18.2 Å². The number of hydrogen-bond donors (Lipinski definition) is 3. The summed E-state index contributed by atoms with van der Waals surface area (Å²) in [4.78, 5) is 21.2. The zero-order valence-electron chi connectivity index (χ0n) is 16.3. The summed E-state index contributed by atoms with van der Waals surface area (Å²) in [6, 6.07) is 12.3. The number of benzene rings is 1. The molecule has 2 atom stereocenters. The number of hydrazine groups is 1. The molecule has 0 radical (unpaired) electrons. The Morgan fingerprint density at radius 2 is 1.96 bits per heavy atom. The van der Waals surface area contributed by atoms with Crippen molar-refractivity contribution in [3.63, 3.8) is 0 Å². The van der Waals surface area contributed by atoms with Crippen LogP contribution < -0.4 is 16.2 Å². The molecule has 28 heavy (non-hydrogen) atoms. The van der Waals surface area contributed by atoms with Crippen LogP contribution in [0.5, 0.6) is 0 Å². The molecule has 0 bridgehead atoms. The fraction of sp³-hybridized carbons (Fsp3) is 0.429. The minimum atomic E-state index is -0.00806. The second-order valence-corrected chi connectivity index (χ2v) is 7.34. The number of piperazine rings is 1. The average Bonchev–Trinajstić information content (AvgIpc) is 3.25. The minimum absolute atomic E-state index is 0.00806. The number of rotatable bonds is 4. The van der Waals surface area contributed by atoms with Crippen LogP contribution in [0, 0.1) is 0 Å². The molecule has 2 unspecified atom stereocenters. The molecule has 2 amide bonds. The molecule has 3 heterocycles. The van der Waals surface area contributed by atoms with Crippen LogP contribution in [-0.4, -0.2) is 53.2 Å². The topological polar surface area (TPSA) is 72.5 Å². The van der Waals surface area contributed by atoms with Gasteiger partial charge in [-0.3, -0.25) is 9.88 Å². The van der Waals surface area contributed by atoms with Gasteiger partial charge >= 0.3 is 6.03 Å². The highest BCUT2D eigenvalue weighted by atomic mass is 16.2. The number of para-hydroxylation sites is 1. The van der Waals surface area contributed by atoms with Gasteiger partial charge in [-0.25, -0.2) is 15.6 Å². The highest BCUT2D eigenvalue weighted by Gasteiger charge is 2.32. The predicted octanol–water partition coefficient (Wildman–Crippen LogP) is 2.36. The van der Waals surface area contributed by atoms with Gasteiger partial charge < -0.3 is 10.2 Å². The second kappa shape index (κ2) is 8.68. The molecule has 0 saturated carbocycles. The van der Waals surface area contributed by atoms with Crippen molar-refractivity contribution in [2.75, 3.05) is 31.5 Å². The van der Waals surface area contributed by atoms with Crippen molar-refractivity contribution in [3.05, 3.63) is 59.9 Å². The maximum atomic E-state index is 12.7. The summed E-state index contributed by atoms with van der Waals surface area (Å²) in [6.45, 7) is 5.29. The van der Waals surface area contributed by atoms with Crippen molar-refractivity contribution >= 4 is 11.7 Å². The first-order chi connectivity index (χ1) is 13.7. The lowest BCUT2D eigenvalue weighted by atomic mass is 10.1. The Labute approximate surface area is 166 Å². The second-order valence-electron chi connectivity index (χ2n) is 7.34. The molecule has 1 aromatic carbocycles. The molecule has 4 rings (SSSR count). The maximum Gasteiger partial charge on any atom is 0.321 e. The number of carbonyl (C=O) groups is 1. The standard InChI is InChI=1S/C21H28N6O/c1-2-16-6-3-4-8-18(16)23-21(28)27-12-10-26(11-13-27)20-14-19(24-25-20)17-7-5-9-22-15-17/h3-9,15,19-20,24-25H,2,10-14H2,1H3,(H,23,28). The summed E-state index contributed by atoms with van der Waals surface area (Å²) in [5.74, 6) is 0. The highest BCUT2D eigenvalue weighted by molar-refractivity contribution is 5.90. The van der Waals surface area contributed by atoms with Gasteiger partial charge in [0.2, 0.25) is 0 Å². The van der Waals surface area contributed by atoms with Crippen LogP contribution in [0.1, 0.15) is 30.5 Å². The number of amides is 2. The number of hydrogen-bond acceptors (Lipinski definition) is 5. The van der Waals surface area contributed by atoms with Crippen LogP contribution in [0.15, 0.2) is 48.8 Å². The van der Waals surface area contributed by atoms with E-state index in [1.807, 2.05) is 35.4 Å². The number of urea groups is 1. The molecule has 7 nitrogen and oxygen atoms in total. The van der Waals surface area contributed by atoms with Gasteiger partial charge in [-0.2, -0.15) is 0 Å². The van der Waals surface area contributed by atoms with E-state index >= 15 is 0 Å². The SMILES string of the molecule is CCc1ccccc1NC(=O)N1CCN(C2CC(c3cccnc3)NN2)CC1. The Bertz CT molecular complexity index is 790. The summed E-state index contributed by atoms with van der Waals surface area (Å²) < 4.78 is 0. The molecule has 2 aromatic rings. The molecule has 2 saturated heterocycles. The third kappa shape index (κ3) is 4.16. The zero-order valence-corrected chi connectivity index (χ0v) is 16.3. The Balaban J connectivity index is 1.28. The van der Waals surface area contributed by atoms with Crippen molar-refractivity contribution in [2.24, 2.45) is 0 Å². The summed E-state index contributed by atoms with van der Waals surface area (Å²) in [7, 11) is 0. The average molecular weight is 380 g/mol. The van der Waals surface area contributed by atoms with E-state index in [9.17, 15) is 4.79 Å². The third-order valence-electron chi connectivity index (χ3n) is 5.65. The lowest BCUT2D eigenvalue weighted by molar-refractivity contribution is 0.103. The van der Waals surface area contributed by atoms with Crippen molar-refractivity contribution in [3.8, 4) is 0 Å². The van der Waals surface area contributed by atoms with E-state index in [0.29, 0.717) is 0 Å². The first-order valence-corrected chi connectivity index (χ1v) is 10.0. The largest absolute Gasteiger partial charge is 0.322 e. The van der Waals surface area contributed by atoms with Crippen LogP contribution >= 0.6 is 0 Å². The smallest absolute Gasteiger partial charge is 0.321 e. The fourth-order valence-electron chi connectivity index (χ4n) is 3.96. The predicted molar refractivity (Wildman–Crippen MR) is 110 cm³/mol. The van der Waals surface area contributed by atoms with Crippen molar-refractivity contribution < 1.29 is 4.79 Å². The molecular formula is C21H28N6O. The molecule has 3 N–H and O–H groups in total. The van der Waals surface area contributed by atoms with Gasteiger partial charge in [0.1, 0.15) is 0 Å². The number of nitrogens with zero attached hydrogens (tertiary/aromatic N) is 3. The number of pyridine rings is 1. The van der Waals surface area contributed by atoms with E-state index in [4.69, 9.17) is 0 Å². The monoisotopic (exact) mass is 380 g/mol. The van der Waals surface area contributed by atoms with Gasteiger partial charge in [-0.05, 0) is 36.1 Å². The van der Waals surface area contributed by atoms with Crippen molar-refractivity contribution in [2.45, 2.75) is 32.0 Å². The fourth-order valence-corrected chi connectivity index (χ4v) is 3.96. The summed E-state index contributed by atoms with van der Waals surface area (Å²) in [6.07, 6.45) is 5.88. The number of nitrogens with one attached hydrogen (secondary N) is 3. The lowest BCUT2D eigenvalue weighted by Gasteiger charge is -2.37. The van der Waals surface area contributed by atoms with Gasteiger partial charge in [-0.15, -0.1) is 0 Å². The number of aromatic nitrogens is 1. The molecule has 2 aliphatic heterocycles. The quantitative estimate of drug-likeness (QED) is 0.760. The Morgan fingerprint density at radius 1 is 1.14 bits per heavy atom. The third-order valence-corrected chi connectivity index (χ3v) is 5.65. The van der Waals surface area contributed by atoms with Crippen LogP contribution in [0.2, 0.25) is 0 Å². The van der Waals surface area contributed by atoms with Gasteiger partial charge in [0.05, 0.1) is 12.2 Å². The van der Waals surface area contributed by atoms with E-state index in [1.165, 1.54) is 5.56 Å². The van der Waals surface area contributed by atoms with Gasteiger partial charge in [-0.1, -0.05) is 31.2 Å². The minimum Gasteiger partial charge on any atom is -0.322 e. The first kappa shape index (κ1) is 18.9. The highest BCUT2D eigenvalue weighted by Crippen LogP contribution is 2.24. The number of anilines is 1. The molecular weight excluding hydrogens is 352 g/mol. The van der Waals surface area contributed by atoms with Gasteiger partial charge in [0, 0.05) is 44.3 Å². The van der Waals surface area contributed by atoms with Crippen LogP contribution in [0.25, 0.3) is 0 Å². The van der Waals surface area contributed by atoms with Crippen LogP contribution in [0.3, 0.4) is 0 Å². The zero-order chi connectivity index (χ0) is 19.3. The van der Waals surface area contributed by atoms with E-state index in [0.717, 1.165) is 50.3 Å². The number of carbonyl (C=O) groups excluding carboxylic acids is 1. The molecule has 0 spiro atoms. The summed E-state index contributed by atoms with van der Waals surface area (Å²) >= 11 is 0. The van der Waals surface area contributed by atoms with Crippen molar-refractivity contribution in [1.82, 2.24) is 25.6 Å². The van der Waals surface area contributed by atoms with Gasteiger partial charge in [0.25, 0.3) is 0 Å². The first-order valence-electron chi connectivity index (χ1n) is 10.0. The van der Waals surface area contributed by atoms with Crippen LogP contribution in [-0.2, 0) is 6.42 Å². The molecule has 0 aliphatic carbocycles. The molecule has 7 heteroatoms. The lowest BCUT2D eigenvalue weighted by Crippen LogP contribution is -2.55. The van der Waals surface area contributed by atoms with E-state index < -0.39 is 0 Å². The summed E-state index contributed by atoms with van der Waals surface area (Å²) in [5, 5.41) is 3.08. The maximum absolute atomic E-state index is 12.7. The van der Waals surface area contributed by atoms with Gasteiger partial charge in [0.15, 0.2) is 0 Å². The molecule has 2 aliphatic rings. The van der Waals surface area contributed by atoms with E-state index in [2.05, 4.69) is 45.1 Å².